The fourth-order valence-corrected chi connectivity index (χ4v) is 5.05. The van der Waals surface area contributed by atoms with Crippen molar-refractivity contribution in [1.29, 1.82) is 0 Å². The number of thiazole rings is 1. The second kappa shape index (κ2) is 7.18. The molecule has 2 fully saturated rings. The highest BCUT2D eigenvalue weighted by Gasteiger charge is 2.38. The zero-order chi connectivity index (χ0) is 19.1. The summed E-state index contributed by atoms with van der Waals surface area (Å²) in [5, 5.41) is 0.846. The molecule has 28 heavy (non-hydrogen) atoms. The van der Waals surface area contributed by atoms with Crippen LogP contribution in [0.25, 0.3) is 5.13 Å². The maximum Gasteiger partial charge on any atom is 0.266 e. The van der Waals surface area contributed by atoms with Gasteiger partial charge in [-0.3, -0.25) is 9.69 Å². The largest absolute Gasteiger partial charge is 0.328 e. The summed E-state index contributed by atoms with van der Waals surface area (Å²) in [5.41, 5.74) is 2.03. The minimum absolute atomic E-state index is 0.0968. The van der Waals surface area contributed by atoms with Crippen LogP contribution < -0.4 is 0 Å². The highest BCUT2D eigenvalue weighted by molar-refractivity contribution is 7.16. The van der Waals surface area contributed by atoms with Gasteiger partial charge in [0.1, 0.15) is 4.88 Å². The second-order valence-corrected chi connectivity index (χ2v) is 8.63. The number of piperazine rings is 1. The third-order valence-corrected chi connectivity index (χ3v) is 6.88. The SMILES string of the molecule is Cc1nc(-n2cccc2)sc1C(=O)N1CCN(C2CC2)CC1c1ccccc1. The minimum Gasteiger partial charge on any atom is -0.328 e. The first-order valence-electron chi connectivity index (χ1n) is 9.91. The van der Waals surface area contributed by atoms with Gasteiger partial charge in [-0.25, -0.2) is 4.98 Å². The van der Waals surface area contributed by atoms with Crippen LogP contribution in [-0.4, -0.2) is 50.9 Å². The van der Waals surface area contributed by atoms with E-state index < -0.39 is 0 Å². The molecule has 2 aliphatic rings. The Balaban J connectivity index is 1.45. The van der Waals surface area contributed by atoms with Crippen molar-refractivity contribution in [3.05, 3.63) is 71.0 Å². The van der Waals surface area contributed by atoms with E-state index in [1.165, 1.54) is 29.7 Å². The Bertz CT molecular complexity index is 962. The molecular formula is C22H24N4OS. The molecule has 1 aliphatic carbocycles. The van der Waals surface area contributed by atoms with Crippen molar-refractivity contribution in [2.75, 3.05) is 19.6 Å². The lowest BCUT2D eigenvalue weighted by Gasteiger charge is -2.41. The number of amides is 1. The standard InChI is InChI=1S/C22H24N4OS/c1-16-20(28-22(23-16)24-11-5-6-12-24)21(27)26-14-13-25(18-9-10-18)15-19(26)17-7-3-2-4-8-17/h2-8,11-12,18-19H,9-10,13-15H2,1H3. The predicted octanol–water partition coefficient (Wildman–Crippen LogP) is 3.90. The van der Waals surface area contributed by atoms with Gasteiger partial charge in [-0.05, 0) is 37.5 Å². The Labute approximate surface area is 169 Å². The van der Waals surface area contributed by atoms with Gasteiger partial charge in [-0.2, -0.15) is 0 Å². The number of aryl methyl sites for hydroxylation is 1. The highest BCUT2D eigenvalue weighted by Crippen LogP contribution is 2.35. The van der Waals surface area contributed by atoms with E-state index in [2.05, 4.69) is 39.0 Å². The van der Waals surface area contributed by atoms with Gasteiger partial charge >= 0.3 is 0 Å². The molecule has 1 unspecified atom stereocenters. The summed E-state index contributed by atoms with van der Waals surface area (Å²) in [6.07, 6.45) is 6.52. The third-order valence-electron chi connectivity index (χ3n) is 5.73. The highest BCUT2D eigenvalue weighted by atomic mass is 32.1. The first kappa shape index (κ1) is 17.6. The average molecular weight is 393 g/mol. The van der Waals surface area contributed by atoms with E-state index >= 15 is 0 Å². The Morgan fingerprint density at radius 3 is 2.54 bits per heavy atom. The molecule has 3 heterocycles. The lowest BCUT2D eigenvalue weighted by Crippen LogP contribution is -2.51. The Morgan fingerprint density at radius 2 is 1.82 bits per heavy atom. The van der Waals surface area contributed by atoms with Crippen LogP contribution in [0, 0.1) is 6.92 Å². The molecule has 1 aromatic carbocycles. The van der Waals surface area contributed by atoms with Gasteiger partial charge in [0, 0.05) is 38.1 Å². The van der Waals surface area contributed by atoms with Crippen molar-refractivity contribution in [2.45, 2.75) is 31.8 Å². The molecule has 0 radical (unpaired) electrons. The quantitative estimate of drug-likeness (QED) is 0.676. The third kappa shape index (κ3) is 3.27. The summed E-state index contributed by atoms with van der Waals surface area (Å²) in [7, 11) is 0. The first-order valence-corrected chi connectivity index (χ1v) is 10.7. The van der Waals surface area contributed by atoms with Crippen molar-refractivity contribution in [1.82, 2.24) is 19.4 Å². The van der Waals surface area contributed by atoms with Gasteiger partial charge in [0.25, 0.3) is 5.91 Å². The van der Waals surface area contributed by atoms with Gasteiger partial charge in [-0.15, -0.1) is 0 Å². The van der Waals surface area contributed by atoms with Gasteiger partial charge in [0.15, 0.2) is 5.13 Å². The molecule has 1 aliphatic heterocycles. The number of carbonyl (C=O) groups excluding carboxylic acids is 1. The van der Waals surface area contributed by atoms with Crippen LogP contribution in [0.1, 0.15) is 39.8 Å². The Kier molecular flexibility index (Phi) is 4.53. The molecule has 0 spiro atoms. The summed E-state index contributed by atoms with van der Waals surface area (Å²) in [6, 6.07) is 15.2. The van der Waals surface area contributed by atoms with E-state index in [0.717, 1.165) is 35.3 Å². The molecule has 3 aromatic rings. The topological polar surface area (TPSA) is 41.4 Å². The molecule has 1 atom stereocenters. The van der Waals surface area contributed by atoms with E-state index in [-0.39, 0.29) is 11.9 Å². The molecule has 6 heteroatoms. The van der Waals surface area contributed by atoms with Crippen molar-refractivity contribution in [3.63, 3.8) is 0 Å². The van der Waals surface area contributed by atoms with Crippen LogP contribution in [-0.2, 0) is 0 Å². The van der Waals surface area contributed by atoms with Gasteiger partial charge in [0.2, 0.25) is 0 Å². The molecule has 0 N–H and O–H groups in total. The minimum atomic E-state index is 0.0968. The van der Waals surface area contributed by atoms with Gasteiger partial charge in [-0.1, -0.05) is 41.7 Å². The lowest BCUT2D eigenvalue weighted by molar-refractivity contribution is 0.0436. The second-order valence-electron chi connectivity index (χ2n) is 7.65. The van der Waals surface area contributed by atoms with Crippen LogP contribution >= 0.6 is 11.3 Å². The smallest absolute Gasteiger partial charge is 0.266 e. The molecule has 5 rings (SSSR count). The Hall–Kier alpha value is -2.44. The molecule has 5 nitrogen and oxygen atoms in total. The zero-order valence-electron chi connectivity index (χ0n) is 16.0. The van der Waals surface area contributed by atoms with E-state index in [1.54, 1.807) is 0 Å². The van der Waals surface area contributed by atoms with E-state index in [9.17, 15) is 4.79 Å². The molecule has 1 amide bonds. The molecule has 1 saturated carbocycles. The number of hydrogen-bond acceptors (Lipinski definition) is 4. The van der Waals surface area contributed by atoms with Crippen LogP contribution in [0.4, 0.5) is 0 Å². The maximum atomic E-state index is 13.5. The summed E-state index contributed by atoms with van der Waals surface area (Å²) in [4.78, 5) is 23.6. The van der Waals surface area contributed by atoms with Gasteiger partial charge in [0.05, 0.1) is 11.7 Å². The van der Waals surface area contributed by atoms with Gasteiger partial charge < -0.3 is 9.47 Å². The number of hydrogen-bond donors (Lipinski definition) is 0. The summed E-state index contributed by atoms with van der Waals surface area (Å²) >= 11 is 1.48. The van der Waals surface area contributed by atoms with Crippen molar-refractivity contribution >= 4 is 17.2 Å². The summed E-state index contributed by atoms with van der Waals surface area (Å²) in [5.74, 6) is 0.109. The summed E-state index contributed by atoms with van der Waals surface area (Å²) < 4.78 is 1.97. The maximum absolute atomic E-state index is 13.5. The van der Waals surface area contributed by atoms with E-state index in [4.69, 9.17) is 0 Å². The van der Waals surface area contributed by atoms with Crippen molar-refractivity contribution in [2.24, 2.45) is 0 Å². The van der Waals surface area contributed by atoms with Crippen LogP contribution in [0.15, 0.2) is 54.9 Å². The normalized spacial score (nSPS) is 20.5. The predicted molar refractivity (Wildman–Crippen MR) is 111 cm³/mol. The fourth-order valence-electron chi connectivity index (χ4n) is 4.06. The molecule has 2 aromatic heterocycles. The number of benzene rings is 1. The van der Waals surface area contributed by atoms with Crippen molar-refractivity contribution in [3.8, 4) is 5.13 Å². The van der Waals surface area contributed by atoms with Crippen LogP contribution in [0.2, 0.25) is 0 Å². The summed E-state index contributed by atoms with van der Waals surface area (Å²) in [6.45, 7) is 4.59. The monoisotopic (exact) mass is 392 g/mol. The average Bonchev–Trinajstić information content (AvgIpc) is 3.29. The van der Waals surface area contributed by atoms with Crippen LogP contribution in [0.5, 0.6) is 0 Å². The van der Waals surface area contributed by atoms with Crippen LogP contribution in [0.3, 0.4) is 0 Å². The number of aromatic nitrogens is 2. The fraction of sp³-hybridized carbons (Fsp3) is 0.364. The van der Waals surface area contributed by atoms with E-state index in [0.29, 0.717) is 6.04 Å². The first-order chi connectivity index (χ1) is 13.7. The van der Waals surface area contributed by atoms with Crippen molar-refractivity contribution < 1.29 is 4.79 Å². The lowest BCUT2D eigenvalue weighted by atomic mass is 10.0. The number of carbonyl (C=O) groups is 1. The molecule has 1 saturated heterocycles. The number of nitrogens with zero attached hydrogens (tertiary/aromatic N) is 4. The zero-order valence-corrected chi connectivity index (χ0v) is 16.8. The molecule has 0 bridgehead atoms. The molecular weight excluding hydrogens is 368 g/mol. The Morgan fingerprint density at radius 1 is 1.07 bits per heavy atom. The molecule has 144 valence electrons. The van der Waals surface area contributed by atoms with E-state index in [1.807, 2.05) is 42.1 Å². The number of rotatable bonds is 4.